The summed E-state index contributed by atoms with van der Waals surface area (Å²) in [5.74, 6) is -0.521. The van der Waals surface area contributed by atoms with Crippen LogP contribution in [0.5, 0.6) is 0 Å². The van der Waals surface area contributed by atoms with Crippen molar-refractivity contribution in [2.24, 2.45) is 0 Å². The van der Waals surface area contributed by atoms with E-state index in [-0.39, 0.29) is 5.91 Å². The first-order chi connectivity index (χ1) is 11.1. The molecular formula is C18H23NO4. The van der Waals surface area contributed by atoms with Crippen molar-refractivity contribution in [3.05, 3.63) is 35.4 Å². The van der Waals surface area contributed by atoms with Gasteiger partial charge in [-0.2, -0.15) is 0 Å². The molecule has 2 saturated heterocycles. The molecule has 5 nitrogen and oxygen atoms in total. The van der Waals surface area contributed by atoms with E-state index in [9.17, 15) is 9.59 Å². The fraction of sp³-hybridized carbons (Fsp3) is 0.556. The highest BCUT2D eigenvalue weighted by molar-refractivity contribution is 5.82. The molecule has 0 aliphatic carbocycles. The Hall–Kier alpha value is -1.88. The number of carboxylic acids is 1. The van der Waals surface area contributed by atoms with Gasteiger partial charge in [0.1, 0.15) is 6.10 Å². The fourth-order valence-electron chi connectivity index (χ4n) is 3.66. The Morgan fingerprint density at radius 2 is 1.74 bits per heavy atom. The second kappa shape index (κ2) is 6.71. The van der Waals surface area contributed by atoms with Crippen LogP contribution >= 0.6 is 0 Å². The van der Waals surface area contributed by atoms with Gasteiger partial charge in [-0.05, 0) is 49.7 Å². The molecular weight excluding hydrogens is 294 g/mol. The number of amides is 1. The monoisotopic (exact) mass is 317 g/mol. The van der Waals surface area contributed by atoms with Crippen molar-refractivity contribution in [3.63, 3.8) is 0 Å². The van der Waals surface area contributed by atoms with Crippen molar-refractivity contribution in [3.8, 4) is 0 Å². The molecule has 1 N–H and O–H groups in total. The largest absolute Gasteiger partial charge is 0.479 e. The van der Waals surface area contributed by atoms with Gasteiger partial charge in [-0.3, -0.25) is 4.79 Å². The quantitative estimate of drug-likeness (QED) is 0.929. The van der Waals surface area contributed by atoms with Crippen molar-refractivity contribution in [1.82, 2.24) is 4.90 Å². The number of hydrogen-bond acceptors (Lipinski definition) is 3. The van der Waals surface area contributed by atoms with E-state index in [2.05, 4.69) is 25.1 Å². The van der Waals surface area contributed by atoms with Crippen LogP contribution in [-0.4, -0.2) is 47.2 Å². The zero-order valence-electron chi connectivity index (χ0n) is 13.4. The third kappa shape index (κ3) is 3.39. The van der Waals surface area contributed by atoms with Gasteiger partial charge in [-0.1, -0.05) is 24.3 Å². The Labute approximate surface area is 136 Å². The summed E-state index contributed by atoms with van der Waals surface area (Å²) in [5, 5.41) is 8.96. The first-order valence-electron chi connectivity index (χ1n) is 8.29. The van der Waals surface area contributed by atoms with Crippen molar-refractivity contribution < 1.29 is 19.4 Å². The summed E-state index contributed by atoms with van der Waals surface area (Å²) < 4.78 is 5.38. The van der Waals surface area contributed by atoms with Crippen LogP contribution in [0, 0.1) is 6.92 Å². The fourth-order valence-corrected chi connectivity index (χ4v) is 3.66. The van der Waals surface area contributed by atoms with Gasteiger partial charge in [0.15, 0.2) is 6.10 Å². The molecule has 0 radical (unpaired) electrons. The molecule has 0 spiro atoms. The number of hydrogen-bond donors (Lipinski definition) is 1. The molecule has 1 aromatic carbocycles. The van der Waals surface area contributed by atoms with E-state index >= 15 is 0 Å². The number of carbonyl (C=O) groups excluding carboxylic acids is 1. The molecule has 1 aromatic rings. The van der Waals surface area contributed by atoms with Crippen molar-refractivity contribution in [2.45, 2.75) is 50.7 Å². The molecule has 0 unspecified atom stereocenters. The number of carbonyl (C=O) groups is 2. The predicted octanol–water partition coefficient (Wildman–Crippen LogP) is 2.33. The van der Waals surface area contributed by atoms with Crippen LogP contribution in [0.1, 0.15) is 42.7 Å². The molecule has 2 fully saturated rings. The highest BCUT2D eigenvalue weighted by atomic mass is 16.5. The molecule has 3 rings (SSSR count). The number of aryl methyl sites for hydroxylation is 1. The van der Waals surface area contributed by atoms with Gasteiger partial charge in [-0.25, -0.2) is 4.79 Å². The van der Waals surface area contributed by atoms with Gasteiger partial charge in [0, 0.05) is 13.1 Å². The minimum atomic E-state index is -0.974. The Morgan fingerprint density at radius 1 is 1.09 bits per heavy atom. The van der Waals surface area contributed by atoms with Crippen LogP contribution in [-0.2, 0) is 14.3 Å². The molecule has 5 heteroatoms. The van der Waals surface area contributed by atoms with Crippen molar-refractivity contribution in [2.75, 3.05) is 13.1 Å². The number of ether oxygens (including phenoxy) is 1. The molecule has 0 bridgehead atoms. The minimum absolute atomic E-state index is 0.0445. The maximum absolute atomic E-state index is 12.5. The number of aliphatic carboxylic acids is 1. The van der Waals surface area contributed by atoms with Crippen LogP contribution in [0.25, 0.3) is 0 Å². The van der Waals surface area contributed by atoms with Gasteiger partial charge in [0.05, 0.1) is 0 Å². The molecule has 124 valence electrons. The van der Waals surface area contributed by atoms with E-state index in [1.165, 1.54) is 11.1 Å². The van der Waals surface area contributed by atoms with Gasteiger partial charge >= 0.3 is 5.97 Å². The van der Waals surface area contributed by atoms with Gasteiger partial charge in [0.2, 0.25) is 0 Å². The zero-order chi connectivity index (χ0) is 16.4. The summed E-state index contributed by atoms with van der Waals surface area (Å²) in [7, 11) is 0. The van der Waals surface area contributed by atoms with E-state index in [4.69, 9.17) is 9.84 Å². The van der Waals surface area contributed by atoms with Crippen LogP contribution < -0.4 is 0 Å². The molecule has 0 saturated carbocycles. The SMILES string of the molecule is Cc1ccccc1C1CCN(C(=O)[C@@H]2CC[C@H](C(=O)O)O2)CC1. The van der Waals surface area contributed by atoms with Crippen LogP contribution in [0.2, 0.25) is 0 Å². The van der Waals surface area contributed by atoms with E-state index in [1.807, 2.05) is 11.0 Å². The van der Waals surface area contributed by atoms with E-state index in [1.54, 1.807) is 0 Å². The summed E-state index contributed by atoms with van der Waals surface area (Å²) >= 11 is 0. The number of piperidine rings is 1. The maximum atomic E-state index is 12.5. The average molecular weight is 317 g/mol. The third-order valence-electron chi connectivity index (χ3n) is 5.01. The number of likely N-dealkylation sites (tertiary alicyclic amines) is 1. The summed E-state index contributed by atoms with van der Waals surface area (Å²) in [6, 6.07) is 8.42. The lowest BCUT2D eigenvalue weighted by molar-refractivity contribution is -0.155. The van der Waals surface area contributed by atoms with Crippen molar-refractivity contribution in [1.29, 1.82) is 0 Å². The molecule has 23 heavy (non-hydrogen) atoms. The maximum Gasteiger partial charge on any atom is 0.332 e. The number of carboxylic acid groups (broad SMARTS) is 1. The van der Waals surface area contributed by atoms with Gasteiger partial charge in [0.25, 0.3) is 5.91 Å². The molecule has 0 aromatic heterocycles. The van der Waals surface area contributed by atoms with E-state index < -0.39 is 18.2 Å². The van der Waals surface area contributed by atoms with Gasteiger partial charge < -0.3 is 14.7 Å². The number of benzene rings is 1. The predicted molar refractivity (Wildman–Crippen MR) is 85.3 cm³/mol. The second-order valence-corrected chi connectivity index (χ2v) is 6.49. The number of rotatable bonds is 3. The van der Waals surface area contributed by atoms with Crippen molar-refractivity contribution >= 4 is 11.9 Å². The van der Waals surface area contributed by atoms with E-state index in [0.29, 0.717) is 18.8 Å². The Bertz CT molecular complexity index is 592. The lowest BCUT2D eigenvalue weighted by Gasteiger charge is -2.34. The molecule has 2 aliphatic rings. The third-order valence-corrected chi connectivity index (χ3v) is 5.01. The summed E-state index contributed by atoms with van der Waals surface area (Å²) in [6.45, 7) is 3.57. The minimum Gasteiger partial charge on any atom is -0.479 e. The lowest BCUT2D eigenvalue weighted by atomic mass is 9.87. The average Bonchev–Trinajstić information content (AvgIpc) is 3.05. The molecule has 1 amide bonds. The summed E-state index contributed by atoms with van der Waals surface area (Å²) in [5.41, 5.74) is 2.68. The van der Waals surface area contributed by atoms with E-state index in [0.717, 1.165) is 25.9 Å². The zero-order valence-corrected chi connectivity index (χ0v) is 13.4. The molecule has 2 aliphatic heterocycles. The first kappa shape index (κ1) is 16.0. The van der Waals surface area contributed by atoms with Crippen LogP contribution in [0.4, 0.5) is 0 Å². The summed E-state index contributed by atoms with van der Waals surface area (Å²) in [6.07, 6.45) is 1.43. The highest BCUT2D eigenvalue weighted by Gasteiger charge is 2.37. The van der Waals surface area contributed by atoms with Gasteiger partial charge in [-0.15, -0.1) is 0 Å². The Balaban J connectivity index is 1.56. The topological polar surface area (TPSA) is 66.8 Å². The number of nitrogens with zero attached hydrogens (tertiary/aromatic N) is 1. The highest BCUT2D eigenvalue weighted by Crippen LogP contribution is 2.31. The second-order valence-electron chi connectivity index (χ2n) is 6.49. The smallest absolute Gasteiger partial charge is 0.332 e. The summed E-state index contributed by atoms with van der Waals surface area (Å²) in [4.78, 5) is 25.3. The van der Waals surface area contributed by atoms with Crippen LogP contribution in [0.3, 0.4) is 0 Å². The lowest BCUT2D eigenvalue weighted by Crippen LogP contribution is -2.43. The van der Waals surface area contributed by atoms with Crippen LogP contribution in [0.15, 0.2) is 24.3 Å². The molecule has 2 heterocycles. The first-order valence-corrected chi connectivity index (χ1v) is 8.29. The Kier molecular flexibility index (Phi) is 4.66. The standard InChI is InChI=1S/C18H23NO4/c1-12-4-2-3-5-14(12)13-8-10-19(11-9-13)17(20)15-6-7-16(23-15)18(21)22/h2-5,13,15-16H,6-11H2,1H3,(H,21,22)/t15-,16+/m0/s1. The normalized spacial score (nSPS) is 25.5. The molecule has 2 atom stereocenters. The Morgan fingerprint density at radius 3 is 2.35 bits per heavy atom.